The van der Waals surface area contributed by atoms with Crippen LogP contribution in [0.4, 0.5) is 0 Å². The van der Waals surface area contributed by atoms with E-state index in [1.165, 1.54) is 16.7 Å². The SMILES string of the molecule is Cc1ccc(C(OC2CCN(C)CC2)c2ccccc2)cc1. The number of rotatable bonds is 4. The van der Waals surface area contributed by atoms with Gasteiger partial charge in [0.1, 0.15) is 6.10 Å². The van der Waals surface area contributed by atoms with E-state index in [0.29, 0.717) is 6.10 Å². The predicted octanol–water partition coefficient (Wildman–Crippen LogP) is 4.20. The molecule has 2 nitrogen and oxygen atoms in total. The summed E-state index contributed by atoms with van der Waals surface area (Å²) in [6, 6.07) is 19.3. The van der Waals surface area contributed by atoms with Crippen molar-refractivity contribution in [1.29, 1.82) is 0 Å². The van der Waals surface area contributed by atoms with Gasteiger partial charge >= 0.3 is 0 Å². The van der Waals surface area contributed by atoms with Gasteiger partial charge in [-0.1, -0.05) is 60.2 Å². The highest BCUT2D eigenvalue weighted by molar-refractivity contribution is 5.31. The molecule has 1 fully saturated rings. The summed E-state index contributed by atoms with van der Waals surface area (Å²) in [6.45, 7) is 4.37. The Kier molecular flexibility index (Phi) is 4.91. The smallest absolute Gasteiger partial charge is 0.108 e. The number of aryl methyl sites for hydroxylation is 1. The molecule has 1 atom stereocenters. The number of hydrogen-bond donors (Lipinski definition) is 0. The van der Waals surface area contributed by atoms with Crippen molar-refractivity contribution in [3.8, 4) is 0 Å². The summed E-state index contributed by atoms with van der Waals surface area (Å²) in [5, 5.41) is 0. The first-order valence-corrected chi connectivity index (χ1v) is 8.18. The number of nitrogens with zero attached hydrogens (tertiary/aromatic N) is 1. The molecule has 0 saturated carbocycles. The maximum atomic E-state index is 6.53. The summed E-state index contributed by atoms with van der Waals surface area (Å²) in [5.74, 6) is 0. The summed E-state index contributed by atoms with van der Waals surface area (Å²) in [4.78, 5) is 2.38. The van der Waals surface area contributed by atoms with Crippen LogP contribution in [0, 0.1) is 6.92 Å². The molecular weight excluding hydrogens is 270 g/mol. The van der Waals surface area contributed by atoms with Crippen LogP contribution in [-0.2, 0) is 4.74 Å². The Morgan fingerprint density at radius 3 is 2.14 bits per heavy atom. The first-order valence-electron chi connectivity index (χ1n) is 8.18. The Balaban J connectivity index is 1.82. The highest BCUT2D eigenvalue weighted by Gasteiger charge is 2.23. The van der Waals surface area contributed by atoms with Crippen molar-refractivity contribution in [3.05, 3.63) is 71.3 Å². The molecule has 1 aliphatic rings. The average molecular weight is 295 g/mol. The summed E-state index contributed by atoms with van der Waals surface area (Å²) in [5.41, 5.74) is 3.77. The Hall–Kier alpha value is -1.64. The van der Waals surface area contributed by atoms with Crippen molar-refractivity contribution in [2.24, 2.45) is 0 Å². The van der Waals surface area contributed by atoms with Crippen LogP contribution >= 0.6 is 0 Å². The molecule has 1 saturated heterocycles. The van der Waals surface area contributed by atoms with Crippen molar-refractivity contribution in [2.45, 2.75) is 32.0 Å². The average Bonchev–Trinajstić information content (AvgIpc) is 2.56. The number of likely N-dealkylation sites (tertiary alicyclic amines) is 1. The number of benzene rings is 2. The van der Waals surface area contributed by atoms with Crippen LogP contribution in [0.1, 0.15) is 35.6 Å². The van der Waals surface area contributed by atoms with Crippen molar-refractivity contribution in [2.75, 3.05) is 20.1 Å². The lowest BCUT2D eigenvalue weighted by Crippen LogP contribution is -2.35. The maximum Gasteiger partial charge on any atom is 0.108 e. The summed E-state index contributed by atoms with van der Waals surface area (Å²) < 4.78 is 6.53. The minimum atomic E-state index is 0.0372. The van der Waals surface area contributed by atoms with Gasteiger partial charge in [0.15, 0.2) is 0 Å². The standard InChI is InChI=1S/C20H25NO/c1-16-8-10-18(11-9-16)20(17-6-4-3-5-7-17)22-19-12-14-21(2)15-13-19/h3-11,19-20H,12-15H2,1-2H3. The Morgan fingerprint density at radius 1 is 0.909 bits per heavy atom. The van der Waals surface area contributed by atoms with Gasteiger partial charge in [-0.25, -0.2) is 0 Å². The molecule has 0 aromatic heterocycles. The van der Waals surface area contributed by atoms with E-state index < -0.39 is 0 Å². The van der Waals surface area contributed by atoms with E-state index in [9.17, 15) is 0 Å². The number of piperidine rings is 1. The Bertz CT molecular complexity index is 570. The van der Waals surface area contributed by atoms with Gasteiger partial charge in [0.25, 0.3) is 0 Å². The second-order valence-electron chi connectivity index (χ2n) is 6.34. The van der Waals surface area contributed by atoms with Crippen LogP contribution < -0.4 is 0 Å². The van der Waals surface area contributed by atoms with E-state index in [-0.39, 0.29) is 6.10 Å². The first kappa shape index (κ1) is 15.3. The molecule has 0 bridgehead atoms. The Morgan fingerprint density at radius 2 is 1.50 bits per heavy atom. The molecule has 22 heavy (non-hydrogen) atoms. The first-order chi connectivity index (χ1) is 10.7. The van der Waals surface area contributed by atoms with Gasteiger partial charge in [0.05, 0.1) is 6.10 Å². The van der Waals surface area contributed by atoms with Crippen molar-refractivity contribution in [1.82, 2.24) is 4.90 Å². The fraction of sp³-hybridized carbons (Fsp3) is 0.400. The molecule has 1 heterocycles. The quantitative estimate of drug-likeness (QED) is 0.838. The van der Waals surface area contributed by atoms with Crippen LogP contribution in [0.3, 0.4) is 0 Å². The molecular formula is C20H25NO. The summed E-state index contributed by atoms with van der Waals surface area (Å²) in [7, 11) is 2.19. The van der Waals surface area contributed by atoms with Crippen LogP contribution in [-0.4, -0.2) is 31.1 Å². The van der Waals surface area contributed by atoms with E-state index in [1.54, 1.807) is 0 Å². The Labute approximate surface area is 133 Å². The second kappa shape index (κ2) is 7.08. The van der Waals surface area contributed by atoms with Gasteiger partial charge in [0.2, 0.25) is 0 Å². The van der Waals surface area contributed by atoms with Gasteiger partial charge < -0.3 is 9.64 Å². The molecule has 0 spiro atoms. The second-order valence-corrected chi connectivity index (χ2v) is 6.34. The maximum absolute atomic E-state index is 6.53. The third-order valence-electron chi connectivity index (χ3n) is 4.48. The topological polar surface area (TPSA) is 12.5 Å². The molecule has 0 radical (unpaired) electrons. The zero-order valence-corrected chi connectivity index (χ0v) is 13.5. The van der Waals surface area contributed by atoms with E-state index in [2.05, 4.69) is 73.5 Å². The molecule has 1 aliphatic heterocycles. The minimum absolute atomic E-state index is 0.0372. The summed E-state index contributed by atoms with van der Waals surface area (Å²) in [6.07, 6.45) is 2.62. The van der Waals surface area contributed by atoms with Crippen molar-refractivity contribution >= 4 is 0 Å². The molecule has 0 aliphatic carbocycles. The summed E-state index contributed by atoms with van der Waals surface area (Å²) >= 11 is 0. The van der Waals surface area contributed by atoms with E-state index in [4.69, 9.17) is 4.74 Å². The lowest BCUT2D eigenvalue weighted by atomic mass is 9.99. The third-order valence-corrected chi connectivity index (χ3v) is 4.48. The van der Waals surface area contributed by atoms with Crippen molar-refractivity contribution < 1.29 is 4.74 Å². The highest BCUT2D eigenvalue weighted by atomic mass is 16.5. The lowest BCUT2D eigenvalue weighted by Gasteiger charge is -2.32. The molecule has 116 valence electrons. The molecule has 0 N–H and O–H groups in total. The zero-order valence-electron chi connectivity index (χ0n) is 13.5. The monoisotopic (exact) mass is 295 g/mol. The normalized spacial score (nSPS) is 18.3. The van der Waals surface area contributed by atoms with Gasteiger partial charge in [-0.15, -0.1) is 0 Å². The molecule has 2 aromatic carbocycles. The van der Waals surface area contributed by atoms with E-state index in [1.807, 2.05) is 0 Å². The third kappa shape index (κ3) is 3.76. The lowest BCUT2D eigenvalue weighted by molar-refractivity contribution is -0.0234. The molecule has 2 aromatic rings. The highest BCUT2D eigenvalue weighted by Crippen LogP contribution is 2.30. The zero-order chi connectivity index (χ0) is 15.4. The molecule has 0 amide bonds. The van der Waals surface area contributed by atoms with Crippen LogP contribution in [0.2, 0.25) is 0 Å². The van der Waals surface area contributed by atoms with Crippen LogP contribution in [0.5, 0.6) is 0 Å². The molecule has 3 rings (SSSR count). The number of ether oxygens (including phenoxy) is 1. The van der Waals surface area contributed by atoms with Gasteiger partial charge in [0, 0.05) is 13.1 Å². The fourth-order valence-corrected chi connectivity index (χ4v) is 3.03. The minimum Gasteiger partial charge on any atom is -0.365 e. The van der Waals surface area contributed by atoms with E-state index in [0.717, 1.165) is 25.9 Å². The molecule has 2 heteroatoms. The molecule has 1 unspecified atom stereocenters. The predicted molar refractivity (Wildman–Crippen MR) is 91.1 cm³/mol. The number of hydrogen-bond acceptors (Lipinski definition) is 2. The van der Waals surface area contributed by atoms with E-state index >= 15 is 0 Å². The largest absolute Gasteiger partial charge is 0.365 e. The fourth-order valence-electron chi connectivity index (χ4n) is 3.03. The van der Waals surface area contributed by atoms with Crippen molar-refractivity contribution in [3.63, 3.8) is 0 Å². The van der Waals surface area contributed by atoms with Gasteiger partial charge in [-0.3, -0.25) is 0 Å². The van der Waals surface area contributed by atoms with Crippen LogP contribution in [0.25, 0.3) is 0 Å². The van der Waals surface area contributed by atoms with Gasteiger partial charge in [-0.05, 0) is 37.9 Å². The van der Waals surface area contributed by atoms with Crippen LogP contribution in [0.15, 0.2) is 54.6 Å². The van der Waals surface area contributed by atoms with Gasteiger partial charge in [-0.2, -0.15) is 0 Å².